The van der Waals surface area contributed by atoms with Gasteiger partial charge in [-0.25, -0.2) is 0 Å². The maximum absolute atomic E-state index is 10.7. The molecule has 8 heteroatoms. The lowest BCUT2D eigenvalue weighted by molar-refractivity contribution is -0.133. The second-order valence-corrected chi connectivity index (χ2v) is 5.34. The molecule has 0 aliphatic rings. The van der Waals surface area contributed by atoms with Crippen molar-refractivity contribution in [2.45, 2.75) is 38.9 Å². The Morgan fingerprint density at radius 2 is 2.14 bits per heavy atom. The molecule has 0 saturated heterocycles. The Bertz CT molecular complexity index is 439. The quantitative estimate of drug-likeness (QED) is 0.492. The maximum atomic E-state index is 10.7. The van der Waals surface area contributed by atoms with Crippen molar-refractivity contribution in [2.75, 3.05) is 37.0 Å². The van der Waals surface area contributed by atoms with Crippen LogP contribution in [0.5, 0.6) is 0 Å². The Morgan fingerprint density at radius 1 is 1.38 bits per heavy atom. The van der Waals surface area contributed by atoms with Crippen LogP contribution in [0.3, 0.4) is 0 Å². The minimum absolute atomic E-state index is 0.00703. The first-order chi connectivity index (χ1) is 10.1. The summed E-state index contributed by atoms with van der Waals surface area (Å²) in [5, 5.41) is 17.8. The molecular weight excluding hydrogens is 292 g/mol. The number of ether oxygens (including phenoxy) is 1. The molecule has 1 heterocycles. The molecular formula is C13H24N4O3S. The van der Waals surface area contributed by atoms with Crippen LogP contribution >= 0.6 is 11.8 Å². The Morgan fingerprint density at radius 3 is 2.71 bits per heavy atom. The van der Waals surface area contributed by atoms with Gasteiger partial charge < -0.3 is 14.7 Å². The van der Waals surface area contributed by atoms with Gasteiger partial charge in [-0.3, -0.25) is 9.36 Å². The van der Waals surface area contributed by atoms with Crippen molar-refractivity contribution in [1.29, 1.82) is 0 Å². The van der Waals surface area contributed by atoms with Gasteiger partial charge in [0.05, 0.1) is 12.4 Å². The fourth-order valence-electron chi connectivity index (χ4n) is 1.89. The van der Waals surface area contributed by atoms with Crippen LogP contribution in [0, 0.1) is 0 Å². The first-order valence-corrected chi connectivity index (χ1v) is 8.23. The van der Waals surface area contributed by atoms with Gasteiger partial charge in [-0.1, -0.05) is 18.7 Å². The summed E-state index contributed by atoms with van der Waals surface area (Å²) in [4.78, 5) is 12.8. The van der Waals surface area contributed by atoms with Crippen LogP contribution in [-0.2, 0) is 16.1 Å². The zero-order valence-corrected chi connectivity index (χ0v) is 13.7. The van der Waals surface area contributed by atoms with E-state index < -0.39 is 5.97 Å². The summed E-state index contributed by atoms with van der Waals surface area (Å²) in [6.45, 7) is 9.76. The third-order valence-corrected chi connectivity index (χ3v) is 3.80. The minimum Gasteiger partial charge on any atom is -0.481 e. The Balaban J connectivity index is 2.85. The highest BCUT2D eigenvalue weighted by molar-refractivity contribution is 7.99. The molecule has 0 fully saturated rings. The summed E-state index contributed by atoms with van der Waals surface area (Å²) in [7, 11) is 0. The summed E-state index contributed by atoms with van der Waals surface area (Å²) in [5.74, 6) is -0.0735. The van der Waals surface area contributed by atoms with Gasteiger partial charge in [0.15, 0.2) is 5.16 Å². The average molecular weight is 316 g/mol. The normalized spacial score (nSPS) is 10.8. The molecule has 0 bridgehead atoms. The minimum atomic E-state index is -0.851. The first-order valence-electron chi connectivity index (χ1n) is 7.24. The number of hydrogen-bond donors (Lipinski definition) is 1. The molecule has 21 heavy (non-hydrogen) atoms. The molecule has 0 radical (unpaired) electrons. The molecule has 0 aliphatic heterocycles. The Hall–Kier alpha value is -1.28. The van der Waals surface area contributed by atoms with E-state index in [1.807, 2.05) is 11.5 Å². The predicted molar refractivity (Wildman–Crippen MR) is 83.1 cm³/mol. The van der Waals surface area contributed by atoms with Gasteiger partial charge in [0.1, 0.15) is 0 Å². The van der Waals surface area contributed by atoms with Crippen molar-refractivity contribution >= 4 is 23.7 Å². The molecule has 0 aromatic carbocycles. The number of nitrogens with zero attached hydrogens (tertiary/aromatic N) is 4. The lowest BCUT2D eigenvalue weighted by Crippen LogP contribution is -2.30. The van der Waals surface area contributed by atoms with Crippen molar-refractivity contribution in [3.8, 4) is 0 Å². The van der Waals surface area contributed by atoms with Gasteiger partial charge in [0, 0.05) is 26.2 Å². The topological polar surface area (TPSA) is 80.5 Å². The van der Waals surface area contributed by atoms with E-state index in [1.54, 1.807) is 0 Å². The molecule has 120 valence electrons. The maximum Gasteiger partial charge on any atom is 0.313 e. The molecule has 1 rings (SSSR count). The molecule has 0 unspecified atom stereocenters. The number of carboxylic acid groups (broad SMARTS) is 1. The van der Waals surface area contributed by atoms with E-state index in [0.717, 1.165) is 32.0 Å². The monoisotopic (exact) mass is 316 g/mol. The van der Waals surface area contributed by atoms with Crippen LogP contribution in [-0.4, -0.2) is 57.9 Å². The van der Waals surface area contributed by atoms with E-state index in [-0.39, 0.29) is 5.75 Å². The van der Waals surface area contributed by atoms with Gasteiger partial charge in [0.2, 0.25) is 5.95 Å². The molecule has 0 amide bonds. The smallest absolute Gasteiger partial charge is 0.313 e. The molecule has 1 aromatic rings. The van der Waals surface area contributed by atoms with E-state index in [9.17, 15) is 4.79 Å². The van der Waals surface area contributed by atoms with Crippen LogP contribution in [0.25, 0.3) is 0 Å². The number of carbonyl (C=O) groups is 1. The average Bonchev–Trinajstić information content (AvgIpc) is 2.85. The third kappa shape index (κ3) is 5.55. The van der Waals surface area contributed by atoms with Crippen molar-refractivity contribution in [3.05, 3.63) is 0 Å². The van der Waals surface area contributed by atoms with Crippen LogP contribution in [0.1, 0.15) is 27.2 Å². The van der Waals surface area contributed by atoms with E-state index in [0.29, 0.717) is 18.4 Å². The lowest BCUT2D eigenvalue weighted by Gasteiger charge is -2.22. The van der Waals surface area contributed by atoms with E-state index in [4.69, 9.17) is 9.84 Å². The number of hydrogen-bond acceptors (Lipinski definition) is 6. The van der Waals surface area contributed by atoms with Crippen molar-refractivity contribution in [3.63, 3.8) is 0 Å². The molecule has 0 aliphatic carbocycles. The zero-order valence-electron chi connectivity index (χ0n) is 12.9. The highest BCUT2D eigenvalue weighted by atomic mass is 32.2. The number of likely N-dealkylation sites (N-methyl/N-ethyl adjacent to an activating group) is 1. The van der Waals surface area contributed by atoms with Crippen molar-refractivity contribution < 1.29 is 14.6 Å². The molecule has 1 aromatic heterocycles. The fraction of sp³-hybridized carbons (Fsp3) is 0.769. The Labute approximate surface area is 129 Å². The zero-order chi connectivity index (χ0) is 15.7. The summed E-state index contributed by atoms with van der Waals surface area (Å²) in [6.07, 6.45) is 0.939. The highest BCUT2D eigenvalue weighted by Crippen LogP contribution is 2.22. The lowest BCUT2D eigenvalue weighted by atomic mass is 10.4. The molecule has 0 spiro atoms. The predicted octanol–water partition coefficient (Wildman–Crippen LogP) is 1.73. The Kier molecular flexibility index (Phi) is 8.14. The second kappa shape index (κ2) is 9.62. The van der Waals surface area contributed by atoms with E-state index in [1.165, 1.54) is 11.8 Å². The number of aromatic nitrogens is 3. The number of rotatable bonds is 11. The molecule has 1 N–H and O–H groups in total. The third-order valence-electron chi connectivity index (χ3n) is 2.84. The van der Waals surface area contributed by atoms with Crippen LogP contribution in [0.4, 0.5) is 5.95 Å². The fourth-order valence-corrected chi connectivity index (χ4v) is 2.57. The SMILES string of the molecule is CCCn1c(SCC(=O)O)nnc1N(CC)CCOCC. The highest BCUT2D eigenvalue weighted by Gasteiger charge is 2.17. The summed E-state index contributed by atoms with van der Waals surface area (Å²) in [6, 6.07) is 0. The van der Waals surface area contributed by atoms with Gasteiger partial charge in [-0.15, -0.1) is 10.2 Å². The number of anilines is 1. The number of aliphatic carboxylic acids is 1. The van der Waals surface area contributed by atoms with Gasteiger partial charge in [-0.05, 0) is 20.3 Å². The van der Waals surface area contributed by atoms with E-state index in [2.05, 4.69) is 28.9 Å². The van der Waals surface area contributed by atoms with Crippen LogP contribution < -0.4 is 4.90 Å². The van der Waals surface area contributed by atoms with Crippen LogP contribution in [0.15, 0.2) is 5.16 Å². The summed E-state index contributed by atoms with van der Waals surface area (Å²) >= 11 is 1.20. The van der Waals surface area contributed by atoms with Gasteiger partial charge in [-0.2, -0.15) is 0 Å². The molecule has 7 nitrogen and oxygen atoms in total. The molecule has 0 saturated carbocycles. The van der Waals surface area contributed by atoms with Gasteiger partial charge >= 0.3 is 5.97 Å². The second-order valence-electron chi connectivity index (χ2n) is 4.39. The van der Waals surface area contributed by atoms with E-state index >= 15 is 0 Å². The standard InChI is InChI=1S/C13H24N4O3S/c1-4-7-17-12(16(5-2)8-9-20-6-3)14-15-13(17)21-10-11(18)19/h4-10H2,1-3H3,(H,18,19). The van der Waals surface area contributed by atoms with Crippen LogP contribution in [0.2, 0.25) is 0 Å². The molecule has 0 atom stereocenters. The summed E-state index contributed by atoms with van der Waals surface area (Å²) < 4.78 is 7.38. The van der Waals surface area contributed by atoms with Crippen molar-refractivity contribution in [2.24, 2.45) is 0 Å². The summed E-state index contributed by atoms with van der Waals surface area (Å²) in [5.41, 5.74) is 0. The first kappa shape index (κ1) is 17.8. The largest absolute Gasteiger partial charge is 0.481 e. The number of carboxylic acids is 1. The van der Waals surface area contributed by atoms with Gasteiger partial charge in [0.25, 0.3) is 0 Å². The van der Waals surface area contributed by atoms with Crippen molar-refractivity contribution in [1.82, 2.24) is 14.8 Å². The number of thioether (sulfide) groups is 1.